The van der Waals surface area contributed by atoms with Gasteiger partial charge in [-0.15, -0.1) is 11.3 Å². The minimum atomic E-state index is 0.508. The van der Waals surface area contributed by atoms with E-state index in [0.29, 0.717) is 6.04 Å². The summed E-state index contributed by atoms with van der Waals surface area (Å²) >= 11 is 1.82. The summed E-state index contributed by atoms with van der Waals surface area (Å²) in [6.45, 7) is 2.33. The molecule has 1 heterocycles. The summed E-state index contributed by atoms with van der Waals surface area (Å²) in [6, 6.07) is 2.70. The fraction of sp³-hybridized carbons (Fsp3) is 0.733. The van der Waals surface area contributed by atoms with Gasteiger partial charge in [-0.25, -0.2) is 0 Å². The third kappa shape index (κ3) is 3.07. The van der Waals surface area contributed by atoms with Crippen molar-refractivity contribution < 1.29 is 4.74 Å². The Bertz CT molecular complexity index is 363. The second-order valence-corrected chi connectivity index (χ2v) is 6.30. The van der Waals surface area contributed by atoms with Crippen LogP contribution in [0.5, 0.6) is 5.75 Å². The van der Waals surface area contributed by atoms with Crippen molar-refractivity contribution in [3.63, 3.8) is 0 Å². The van der Waals surface area contributed by atoms with Crippen molar-refractivity contribution in [1.29, 1.82) is 0 Å². The molecule has 1 aliphatic carbocycles. The van der Waals surface area contributed by atoms with Crippen LogP contribution in [0.4, 0.5) is 0 Å². The van der Waals surface area contributed by atoms with Crippen LogP contribution in [0.1, 0.15) is 49.9 Å². The summed E-state index contributed by atoms with van der Waals surface area (Å²) < 4.78 is 5.30. The molecule has 18 heavy (non-hydrogen) atoms. The Kier molecular flexibility index (Phi) is 5.07. The van der Waals surface area contributed by atoms with Gasteiger partial charge in [-0.3, -0.25) is 0 Å². The Morgan fingerprint density at radius 1 is 1.50 bits per heavy atom. The number of methoxy groups -OCH3 is 1. The second kappa shape index (κ2) is 6.58. The van der Waals surface area contributed by atoms with E-state index in [0.717, 1.165) is 17.6 Å². The molecule has 102 valence electrons. The first kappa shape index (κ1) is 13.9. The molecule has 0 radical (unpaired) electrons. The Morgan fingerprint density at radius 2 is 2.33 bits per heavy atom. The van der Waals surface area contributed by atoms with Crippen molar-refractivity contribution in [3.8, 4) is 5.75 Å². The van der Waals surface area contributed by atoms with Crippen LogP contribution in [-0.2, 0) is 0 Å². The van der Waals surface area contributed by atoms with Crippen molar-refractivity contribution in [1.82, 2.24) is 5.32 Å². The number of ether oxygens (including phenoxy) is 1. The van der Waals surface area contributed by atoms with E-state index in [1.165, 1.54) is 37.0 Å². The smallest absolute Gasteiger partial charge is 0.129 e. The number of nitrogens with one attached hydrogen (secondary N) is 1. The first-order valence-corrected chi connectivity index (χ1v) is 7.96. The lowest BCUT2D eigenvalue weighted by molar-refractivity contribution is 0.216. The predicted octanol–water partition coefficient (Wildman–Crippen LogP) is 4.23. The lowest BCUT2D eigenvalue weighted by atomic mass is 9.76. The quantitative estimate of drug-likeness (QED) is 0.862. The van der Waals surface area contributed by atoms with Crippen LogP contribution in [0, 0.1) is 11.8 Å². The highest BCUT2D eigenvalue weighted by Crippen LogP contribution is 2.40. The Balaban J connectivity index is 2.07. The SMILES string of the molecule is CCC1CCCC(C(NC)c2cc(OC)cs2)C1. The average molecular weight is 267 g/mol. The van der Waals surface area contributed by atoms with E-state index < -0.39 is 0 Å². The van der Waals surface area contributed by atoms with Crippen LogP contribution in [0.25, 0.3) is 0 Å². The minimum absolute atomic E-state index is 0.508. The molecule has 0 saturated heterocycles. The maximum absolute atomic E-state index is 5.30. The first-order chi connectivity index (χ1) is 8.78. The van der Waals surface area contributed by atoms with Gasteiger partial charge in [0.25, 0.3) is 0 Å². The average Bonchev–Trinajstić information content (AvgIpc) is 2.88. The number of hydrogen-bond donors (Lipinski definition) is 1. The molecule has 0 aliphatic heterocycles. The molecule has 1 saturated carbocycles. The van der Waals surface area contributed by atoms with Crippen LogP contribution in [-0.4, -0.2) is 14.2 Å². The standard InChI is InChI=1S/C15H25NOS/c1-4-11-6-5-7-12(8-11)15(16-2)14-9-13(17-3)10-18-14/h9-12,15-16H,4-8H2,1-3H3. The van der Waals surface area contributed by atoms with E-state index in [1.807, 2.05) is 11.3 Å². The third-order valence-corrected chi connectivity index (χ3v) is 5.32. The highest BCUT2D eigenvalue weighted by molar-refractivity contribution is 7.10. The van der Waals surface area contributed by atoms with Crippen LogP contribution in [0.15, 0.2) is 11.4 Å². The third-order valence-electron chi connectivity index (χ3n) is 4.32. The van der Waals surface area contributed by atoms with Gasteiger partial charge in [0.1, 0.15) is 5.75 Å². The largest absolute Gasteiger partial charge is 0.496 e. The van der Waals surface area contributed by atoms with E-state index in [9.17, 15) is 0 Å². The summed E-state index contributed by atoms with van der Waals surface area (Å²) in [5.41, 5.74) is 0. The van der Waals surface area contributed by atoms with Gasteiger partial charge in [-0.1, -0.05) is 26.2 Å². The Hall–Kier alpha value is -0.540. The van der Waals surface area contributed by atoms with Crippen molar-refractivity contribution in [2.45, 2.75) is 45.1 Å². The first-order valence-electron chi connectivity index (χ1n) is 7.08. The number of rotatable bonds is 5. The molecule has 0 bridgehead atoms. The van der Waals surface area contributed by atoms with Gasteiger partial charge >= 0.3 is 0 Å². The van der Waals surface area contributed by atoms with E-state index >= 15 is 0 Å². The molecule has 2 rings (SSSR count). The molecule has 1 aromatic rings. The monoisotopic (exact) mass is 267 g/mol. The van der Waals surface area contributed by atoms with E-state index in [4.69, 9.17) is 4.74 Å². The summed E-state index contributed by atoms with van der Waals surface area (Å²) in [7, 11) is 3.83. The maximum Gasteiger partial charge on any atom is 0.129 e. The van der Waals surface area contributed by atoms with E-state index in [-0.39, 0.29) is 0 Å². The number of thiophene rings is 1. The fourth-order valence-corrected chi connectivity index (χ4v) is 4.28. The molecule has 3 unspecified atom stereocenters. The van der Waals surface area contributed by atoms with Gasteiger partial charge in [-0.05, 0) is 37.8 Å². The lowest BCUT2D eigenvalue weighted by Crippen LogP contribution is -2.28. The van der Waals surface area contributed by atoms with Crippen molar-refractivity contribution in [2.75, 3.05) is 14.2 Å². The molecular weight excluding hydrogens is 242 g/mol. The summed E-state index contributed by atoms with van der Waals surface area (Å²) in [4.78, 5) is 1.43. The van der Waals surface area contributed by atoms with Gasteiger partial charge in [-0.2, -0.15) is 0 Å². The van der Waals surface area contributed by atoms with Gasteiger partial charge in [0.15, 0.2) is 0 Å². The normalized spacial score (nSPS) is 25.9. The van der Waals surface area contributed by atoms with E-state index in [1.54, 1.807) is 7.11 Å². The Labute approximate surface area is 115 Å². The molecule has 2 nitrogen and oxygen atoms in total. The number of hydrogen-bond acceptors (Lipinski definition) is 3. The zero-order valence-electron chi connectivity index (χ0n) is 11.7. The molecule has 1 N–H and O–H groups in total. The summed E-state index contributed by atoms with van der Waals surface area (Å²) in [5.74, 6) is 2.72. The van der Waals surface area contributed by atoms with Crippen LogP contribution < -0.4 is 10.1 Å². The molecular formula is C15H25NOS. The van der Waals surface area contributed by atoms with Crippen LogP contribution in [0.2, 0.25) is 0 Å². The molecule has 0 aromatic carbocycles. The summed E-state index contributed by atoms with van der Waals surface area (Å²) in [6.07, 6.45) is 6.90. The molecule has 1 aromatic heterocycles. The molecule has 0 spiro atoms. The van der Waals surface area contributed by atoms with Gasteiger partial charge in [0, 0.05) is 16.3 Å². The van der Waals surface area contributed by atoms with Crippen molar-refractivity contribution in [3.05, 3.63) is 16.3 Å². The lowest BCUT2D eigenvalue weighted by Gasteiger charge is -2.33. The van der Waals surface area contributed by atoms with Gasteiger partial charge in [0.05, 0.1) is 7.11 Å². The van der Waals surface area contributed by atoms with Crippen LogP contribution in [0.3, 0.4) is 0 Å². The molecule has 3 atom stereocenters. The van der Waals surface area contributed by atoms with Crippen LogP contribution >= 0.6 is 11.3 Å². The topological polar surface area (TPSA) is 21.3 Å². The van der Waals surface area contributed by atoms with Gasteiger partial charge < -0.3 is 10.1 Å². The summed E-state index contributed by atoms with van der Waals surface area (Å²) in [5, 5.41) is 5.64. The fourth-order valence-electron chi connectivity index (χ4n) is 3.22. The predicted molar refractivity (Wildman–Crippen MR) is 78.4 cm³/mol. The zero-order chi connectivity index (χ0) is 13.0. The van der Waals surface area contributed by atoms with Crippen molar-refractivity contribution in [2.24, 2.45) is 11.8 Å². The Morgan fingerprint density at radius 3 is 2.94 bits per heavy atom. The highest BCUT2D eigenvalue weighted by atomic mass is 32.1. The van der Waals surface area contributed by atoms with E-state index in [2.05, 4.69) is 30.7 Å². The molecule has 3 heteroatoms. The van der Waals surface area contributed by atoms with Gasteiger partial charge in [0.2, 0.25) is 0 Å². The minimum Gasteiger partial charge on any atom is -0.496 e. The second-order valence-electron chi connectivity index (χ2n) is 5.36. The maximum atomic E-state index is 5.30. The zero-order valence-corrected chi connectivity index (χ0v) is 12.6. The molecule has 0 amide bonds. The highest BCUT2D eigenvalue weighted by Gasteiger charge is 2.28. The molecule has 1 aliphatic rings. The molecule has 1 fully saturated rings. The van der Waals surface area contributed by atoms with Crippen molar-refractivity contribution >= 4 is 11.3 Å².